The van der Waals surface area contributed by atoms with E-state index in [9.17, 15) is 4.79 Å². The summed E-state index contributed by atoms with van der Waals surface area (Å²) in [5.41, 5.74) is 0. The average molecular weight is 283 g/mol. The molecule has 4 heteroatoms. The lowest BCUT2D eigenvalue weighted by Gasteiger charge is -2.36. The molecule has 1 amide bonds. The number of piperidine rings is 1. The van der Waals surface area contributed by atoms with Crippen LogP contribution in [0.5, 0.6) is 0 Å². The zero-order valence-corrected chi connectivity index (χ0v) is 13.9. The fourth-order valence-electron chi connectivity index (χ4n) is 2.81. The van der Waals surface area contributed by atoms with Gasteiger partial charge in [0.15, 0.2) is 0 Å². The lowest BCUT2D eigenvalue weighted by atomic mass is 9.97. The quantitative estimate of drug-likeness (QED) is 0.751. The Balaban J connectivity index is 2.57. The first-order valence-corrected chi connectivity index (χ1v) is 8.22. The van der Waals surface area contributed by atoms with Crippen LogP contribution in [-0.2, 0) is 4.79 Å². The highest BCUT2D eigenvalue weighted by molar-refractivity contribution is 5.81. The van der Waals surface area contributed by atoms with Gasteiger partial charge in [-0.3, -0.25) is 9.69 Å². The van der Waals surface area contributed by atoms with Crippen molar-refractivity contribution in [2.45, 2.75) is 72.0 Å². The standard InChI is InChI=1S/C16H33N3O/c1-6-13(4)18-16(20)14(5)19(12(2)3)11-15-8-7-9-17-10-15/h12-15,17H,6-11H2,1-5H3,(H,18,20). The smallest absolute Gasteiger partial charge is 0.237 e. The van der Waals surface area contributed by atoms with Crippen LogP contribution in [0.1, 0.15) is 53.9 Å². The first kappa shape index (κ1) is 17.4. The van der Waals surface area contributed by atoms with Gasteiger partial charge < -0.3 is 10.6 Å². The minimum Gasteiger partial charge on any atom is -0.352 e. The molecule has 0 radical (unpaired) electrons. The Labute approximate surface area is 124 Å². The maximum atomic E-state index is 12.3. The van der Waals surface area contributed by atoms with Crippen molar-refractivity contribution in [3.63, 3.8) is 0 Å². The molecule has 4 nitrogen and oxygen atoms in total. The molecule has 1 saturated heterocycles. The summed E-state index contributed by atoms with van der Waals surface area (Å²) in [5, 5.41) is 6.57. The van der Waals surface area contributed by atoms with Crippen molar-refractivity contribution in [3.8, 4) is 0 Å². The molecule has 1 aliphatic heterocycles. The first-order chi connectivity index (χ1) is 9.45. The molecule has 3 atom stereocenters. The molecule has 0 aromatic rings. The average Bonchev–Trinajstić information content (AvgIpc) is 2.44. The maximum absolute atomic E-state index is 12.3. The minimum atomic E-state index is -0.0501. The van der Waals surface area contributed by atoms with Crippen LogP contribution in [0.3, 0.4) is 0 Å². The normalized spacial score (nSPS) is 22.9. The number of carbonyl (C=O) groups excluding carboxylic acids is 1. The van der Waals surface area contributed by atoms with E-state index in [1.807, 2.05) is 6.92 Å². The molecule has 1 aliphatic rings. The molecule has 0 aliphatic carbocycles. The van der Waals surface area contributed by atoms with Crippen molar-refractivity contribution in [2.24, 2.45) is 5.92 Å². The highest BCUT2D eigenvalue weighted by atomic mass is 16.2. The molecular weight excluding hydrogens is 250 g/mol. The summed E-state index contributed by atoms with van der Waals surface area (Å²) < 4.78 is 0. The van der Waals surface area contributed by atoms with Crippen molar-refractivity contribution in [2.75, 3.05) is 19.6 Å². The summed E-state index contributed by atoms with van der Waals surface area (Å²) in [5.74, 6) is 0.835. The lowest BCUT2D eigenvalue weighted by molar-refractivity contribution is -0.127. The van der Waals surface area contributed by atoms with Crippen LogP contribution < -0.4 is 10.6 Å². The summed E-state index contributed by atoms with van der Waals surface area (Å²) in [4.78, 5) is 14.7. The monoisotopic (exact) mass is 283 g/mol. The second-order valence-corrected chi connectivity index (χ2v) is 6.50. The molecule has 1 heterocycles. The third-order valence-corrected chi connectivity index (χ3v) is 4.41. The molecule has 1 fully saturated rings. The number of rotatable bonds is 7. The van der Waals surface area contributed by atoms with Gasteiger partial charge in [0.2, 0.25) is 5.91 Å². The number of hydrogen-bond donors (Lipinski definition) is 2. The third-order valence-electron chi connectivity index (χ3n) is 4.41. The molecule has 118 valence electrons. The SMILES string of the molecule is CCC(C)NC(=O)C(C)N(CC1CCCNC1)C(C)C. The van der Waals surface area contributed by atoms with Gasteiger partial charge in [-0.1, -0.05) is 6.92 Å². The number of carbonyl (C=O) groups is 1. The summed E-state index contributed by atoms with van der Waals surface area (Å²) >= 11 is 0. The lowest BCUT2D eigenvalue weighted by Crippen LogP contribution is -2.52. The van der Waals surface area contributed by atoms with Gasteiger partial charge in [-0.2, -0.15) is 0 Å². The number of nitrogens with one attached hydrogen (secondary N) is 2. The van der Waals surface area contributed by atoms with Crippen LogP contribution in [0.4, 0.5) is 0 Å². The van der Waals surface area contributed by atoms with Crippen molar-refractivity contribution in [1.82, 2.24) is 15.5 Å². The van der Waals surface area contributed by atoms with Gasteiger partial charge >= 0.3 is 0 Å². The fraction of sp³-hybridized carbons (Fsp3) is 0.938. The van der Waals surface area contributed by atoms with E-state index in [-0.39, 0.29) is 18.0 Å². The Morgan fingerprint density at radius 3 is 2.55 bits per heavy atom. The van der Waals surface area contributed by atoms with E-state index in [0.717, 1.165) is 26.1 Å². The van der Waals surface area contributed by atoms with Crippen molar-refractivity contribution < 1.29 is 4.79 Å². The highest BCUT2D eigenvalue weighted by Gasteiger charge is 2.27. The molecule has 0 spiro atoms. The van der Waals surface area contributed by atoms with Crippen LogP contribution in [0.25, 0.3) is 0 Å². The van der Waals surface area contributed by atoms with Gasteiger partial charge in [-0.25, -0.2) is 0 Å². The predicted molar refractivity (Wildman–Crippen MR) is 84.8 cm³/mol. The predicted octanol–water partition coefficient (Wildman–Crippen LogP) is 2.00. The Kier molecular flexibility index (Phi) is 7.52. The molecule has 2 N–H and O–H groups in total. The molecule has 1 rings (SSSR count). The zero-order valence-electron chi connectivity index (χ0n) is 13.9. The van der Waals surface area contributed by atoms with Crippen LogP contribution in [0.2, 0.25) is 0 Å². The van der Waals surface area contributed by atoms with E-state index in [4.69, 9.17) is 0 Å². The van der Waals surface area contributed by atoms with E-state index in [1.54, 1.807) is 0 Å². The van der Waals surface area contributed by atoms with Crippen molar-refractivity contribution >= 4 is 5.91 Å². The highest BCUT2D eigenvalue weighted by Crippen LogP contribution is 2.16. The molecule has 0 bridgehead atoms. The number of nitrogens with zero attached hydrogens (tertiary/aromatic N) is 1. The summed E-state index contributed by atoms with van der Waals surface area (Å²) in [6, 6.07) is 0.607. The number of hydrogen-bond acceptors (Lipinski definition) is 3. The molecule has 20 heavy (non-hydrogen) atoms. The van der Waals surface area contributed by atoms with Gasteiger partial charge in [0.05, 0.1) is 6.04 Å². The second-order valence-electron chi connectivity index (χ2n) is 6.50. The van der Waals surface area contributed by atoms with E-state index < -0.39 is 0 Å². The Bertz CT molecular complexity index is 287. The molecule has 0 aromatic carbocycles. The van der Waals surface area contributed by atoms with Gasteiger partial charge in [0.25, 0.3) is 0 Å². The molecular formula is C16H33N3O. The van der Waals surface area contributed by atoms with Crippen molar-refractivity contribution in [1.29, 1.82) is 0 Å². The van der Waals surface area contributed by atoms with Gasteiger partial charge in [-0.15, -0.1) is 0 Å². The maximum Gasteiger partial charge on any atom is 0.237 e. The van der Waals surface area contributed by atoms with E-state index in [2.05, 4.69) is 43.2 Å². The van der Waals surface area contributed by atoms with Gasteiger partial charge in [0.1, 0.15) is 0 Å². The van der Waals surface area contributed by atoms with Crippen LogP contribution >= 0.6 is 0 Å². The molecule has 0 saturated carbocycles. The Morgan fingerprint density at radius 2 is 2.05 bits per heavy atom. The largest absolute Gasteiger partial charge is 0.352 e. The molecule has 3 unspecified atom stereocenters. The van der Waals surface area contributed by atoms with Gasteiger partial charge in [-0.05, 0) is 66.0 Å². The third kappa shape index (κ3) is 5.41. The fourth-order valence-corrected chi connectivity index (χ4v) is 2.81. The summed E-state index contributed by atoms with van der Waals surface area (Å²) in [6.45, 7) is 13.8. The van der Waals surface area contributed by atoms with Gasteiger partial charge in [0, 0.05) is 18.6 Å². The Morgan fingerprint density at radius 1 is 1.35 bits per heavy atom. The topological polar surface area (TPSA) is 44.4 Å². The van der Waals surface area contributed by atoms with E-state index >= 15 is 0 Å². The Hall–Kier alpha value is -0.610. The minimum absolute atomic E-state index is 0.0501. The van der Waals surface area contributed by atoms with Crippen LogP contribution in [0, 0.1) is 5.92 Å². The molecule has 0 aromatic heterocycles. The van der Waals surface area contributed by atoms with E-state index in [1.165, 1.54) is 12.8 Å². The van der Waals surface area contributed by atoms with Crippen LogP contribution in [0.15, 0.2) is 0 Å². The van der Waals surface area contributed by atoms with Crippen molar-refractivity contribution in [3.05, 3.63) is 0 Å². The summed E-state index contributed by atoms with van der Waals surface area (Å²) in [6.07, 6.45) is 3.51. The summed E-state index contributed by atoms with van der Waals surface area (Å²) in [7, 11) is 0. The van der Waals surface area contributed by atoms with Crippen LogP contribution in [-0.4, -0.2) is 48.6 Å². The number of amides is 1. The zero-order chi connectivity index (χ0) is 15.1. The first-order valence-electron chi connectivity index (χ1n) is 8.22. The van der Waals surface area contributed by atoms with E-state index in [0.29, 0.717) is 12.0 Å². The second kappa shape index (κ2) is 8.63.